The molecule has 0 heterocycles. The van der Waals surface area contributed by atoms with Crippen molar-refractivity contribution in [1.29, 1.82) is 0 Å². The molecule has 0 aliphatic carbocycles. The van der Waals surface area contributed by atoms with Crippen molar-refractivity contribution >= 4 is 21.9 Å². The summed E-state index contributed by atoms with van der Waals surface area (Å²) in [6.45, 7) is 0. The molecule has 0 unspecified atom stereocenters. The number of hydrogen-bond acceptors (Lipinski definition) is 2. The molecule has 2 nitrogen and oxygen atoms in total. The Morgan fingerprint density at radius 2 is 1.56 bits per heavy atom. The number of esters is 1. The van der Waals surface area contributed by atoms with Crippen LogP contribution in [0.5, 0.6) is 5.75 Å². The summed E-state index contributed by atoms with van der Waals surface area (Å²) in [6.07, 6.45) is 0. The fourth-order valence-electron chi connectivity index (χ4n) is 1.24. The molecule has 2 aromatic carbocycles. The van der Waals surface area contributed by atoms with Gasteiger partial charge in [0.15, 0.2) is 0 Å². The molecule has 2 rings (SSSR count). The molecule has 16 heavy (non-hydrogen) atoms. The van der Waals surface area contributed by atoms with Gasteiger partial charge in [0.1, 0.15) is 5.75 Å². The van der Waals surface area contributed by atoms with E-state index in [1.54, 1.807) is 36.4 Å². The fraction of sp³-hybridized carbons (Fsp3) is 0. The lowest BCUT2D eigenvalue weighted by Gasteiger charge is -2.03. The van der Waals surface area contributed by atoms with Gasteiger partial charge in [-0.05, 0) is 36.4 Å². The summed E-state index contributed by atoms with van der Waals surface area (Å²) in [6, 6.07) is 16.0. The third-order valence-electron chi connectivity index (χ3n) is 2.03. The number of rotatable bonds is 2. The summed E-state index contributed by atoms with van der Waals surface area (Å²) >= 11 is 3.32. The van der Waals surface area contributed by atoms with E-state index in [4.69, 9.17) is 4.74 Å². The first-order valence-electron chi connectivity index (χ1n) is 4.78. The van der Waals surface area contributed by atoms with Gasteiger partial charge in [-0.3, -0.25) is 0 Å². The van der Waals surface area contributed by atoms with E-state index in [2.05, 4.69) is 15.9 Å². The lowest BCUT2D eigenvalue weighted by atomic mass is 10.2. The molecule has 3 heteroatoms. The smallest absolute Gasteiger partial charge is 0.343 e. The standard InChI is InChI=1S/C13H9BrO2/c14-11-6-8-12(9-7-11)16-13(15)10-4-2-1-3-5-10/h1-9H. The highest BCUT2D eigenvalue weighted by atomic mass is 79.9. The van der Waals surface area contributed by atoms with Crippen LogP contribution in [0.2, 0.25) is 0 Å². The van der Waals surface area contributed by atoms with E-state index in [1.807, 2.05) is 18.2 Å². The first-order chi connectivity index (χ1) is 7.75. The molecule has 2 aromatic rings. The normalized spacial score (nSPS) is 9.81. The van der Waals surface area contributed by atoms with Gasteiger partial charge in [0.2, 0.25) is 0 Å². The fourth-order valence-corrected chi connectivity index (χ4v) is 1.51. The number of benzene rings is 2. The lowest BCUT2D eigenvalue weighted by Crippen LogP contribution is -2.07. The van der Waals surface area contributed by atoms with Crippen molar-refractivity contribution in [1.82, 2.24) is 0 Å². The van der Waals surface area contributed by atoms with Gasteiger partial charge < -0.3 is 4.74 Å². The second-order valence-corrected chi connectivity index (χ2v) is 4.13. The molecular formula is C13H9BrO2. The van der Waals surface area contributed by atoms with E-state index in [1.165, 1.54) is 0 Å². The molecule has 0 amide bonds. The van der Waals surface area contributed by atoms with Gasteiger partial charge in [0.05, 0.1) is 5.56 Å². The second kappa shape index (κ2) is 4.94. The first kappa shape index (κ1) is 10.9. The number of ether oxygens (including phenoxy) is 1. The monoisotopic (exact) mass is 276 g/mol. The minimum Gasteiger partial charge on any atom is -0.423 e. The summed E-state index contributed by atoms with van der Waals surface area (Å²) in [7, 11) is 0. The summed E-state index contributed by atoms with van der Waals surface area (Å²) in [4.78, 5) is 11.7. The highest BCUT2D eigenvalue weighted by molar-refractivity contribution is 9.10. The van der Waals surface area contributed by atoms with Gasteiger partial charge in [-0.15, -0.1) is 0 Å². The molecule has 0 atom stereocenters. The maximum atomic E-state index is 11.7. The first-order valence-corrected chi connectivity index (χ1v) is 5.58. The van der Waals surface area contributed by atoms with Crippen LogP contribution in [0, 0.1) is 0 Å². The summed E-state index contributed by atoms with van der Waals surface area (Å²) in [5.74, 6) is 0.194. The predicted octanol–water partition coefficient (Wildman–Crippen LogP) is 3.67. The lowest BCUT2D eigenvalue weighted by molar-refractivity contribution is 0.0735. The van der Waals surface area contributed by atoms with Crippen molar-refractivity contribution in [3.63, 3.8) is 0 Å². The van der Waals surface area contributed by atoms with E-state index in [-0.39, 0.29) is 5.97 Å². The third kappa shape index (κ3) is 2.70. The van der Waals surface area contributed by atoms with Crippen molar-refractivity contribution in [3.05, 3.63) is 64.6 Å². The summed E-state index contributed by atoms with van der Waals surface area (Å²) in [5.41, 5.74) is 0.547. The Morgan fingerprint density at radius 1 is 0.938 bits per heavy atom. The van der Waals surface area contributed by atoms with Gasteiger partial charge in [0, 0.05) is 4.47 Å². The maximum absolute atomic E-state index is 11.7. The van der Waals surface area contributed by atoms with Crippen molar-refractivity contribution in [2.45, 2.75) is 0 Å². The Balaban J connectivity index is 2.11. The SMILES string of the molecule is O=C(Oc1ccc(Br)cc1)c1ccccc1. The van der Waals surface area contributed by atoms with Crippen LogP contribution in [0.15, 0.2) is 59.1 Å². The van der Waals surface area contributed by atoms with E-state index >= 15 is 0 Å². The Morgan fingerprint density at radius 3 is 2.19 bits per heavy atom. The topological polar surface area (TPSA) is 26.3 Å². The van der Waals surface area contributed by atoms with Crippen LogP contribution < -0.4 is 4.74 Å². The highest BCUT2D eigenvalue weighted by Crippen LogP contribution is 2.17. The molecule has 80 valence electrons. The van der Waals surface area contributed by atoms with Gasteiger partial charge in [-0.25, -0.2) is 4.79 Å². The number of halogens is 1. The molecule has 0 radical (unpaired) electrons. The van der Waals surface area contributed by atoms with Gasteiger partial charge in [-0.1, -0.05) is 34.1 Å². The Hall–Kier alpha value is -1.61. The molecule has 0 saturated heterocycles. The molecule has 0 aliphatic heterocycles. The Bertz CT molecular complexity index is 477. The van der Waals surface area contributed by atoms with Crippen LogP contribution in [0.25, 0.3) is 0 Å². The zero-order chi connectivity index (χ0) is 11.4. The molecule has 0 aliphatic rings. The Kier molecular flexibility index (Phi) is 3.37. The summed E-state index contributed by atoms with van der Waals surface area (Å²) in [5, 5.41) is 0. The maximum Gasteiger partial charge on any atom is 0.343 e. The number of carbonyl (C=O) groups excluding carboxylic acids is 1. The minimum absolute atomic E-state index is 0.345. The van der Waals surface area contributed by atoms with Crippen LogP contribution in [0.4, 0.5) is 0 Å². The van der Waals surface area contributed by atoms with Crippen LogP contribution in [0.1, 0.15) is 10.4 Å². The molecule has 0 fully saturated rings. The van der Waals surface area contributed by atoms with Gasteiger partial charge in [-0.2, -0.15) is 0 Å². The van der Waals surface area contributed by atoms with Gasteiger partial charge >= 0.3 is 5.97 Å². The molecule has 0 bridgehead atoms. The van der Waals surface area contributed by atoms with E-state index in [0.717, 1.165) is 4.47 Å². The van der Waals surface area contributed by atoms with Crippen LogP contribution in [-0.4, -0.2) is 5.97 Å². The minimum atomic E-state index is -0.345. The average Bonchev–Trinajstić information content (AvgIpc) is 2.33. The number of carbonyl (C=O) groups is 1. The second-order valence-electron chi connectivity index (χ2n) is 3.21. The highest BCUT2D eigenvalue weighted by Gasteiger charge is 2.06. The summed E-state index contributed by atoms with van der Waals surface area (Å²) < 4.78 is 6.15. The zero-order valence-electron chi connectivity index (χ0n) is 8.39. The van der Waals surface area contributed by atoms with E-state index in [0.29, 0.717) is 11.3 Å². The van der Waals surface area contributed by atoms with Gasteiger partial charge in [0.25, 0.3) is 0 Å². The molecule has 0 N–H and O–H groups in total. The largest absolute Gasteiger partial charge is 0.423 e. The molecule has 0 aromatic heterocycles. The van der Waals surface area contributed by atoms with E-state index < -0.39 is 0 Å². The quantitative estimate of drug-likeness (QED) is 0.618. The molecule has 0 spiro atoms. The molecular weight excluding hydrogens is 268 g/mol. The predicted molar refractivity (Wildman–Crippen MR) is 65.5 cm³/mol. The Labute approximate surface area is 102 Å². The van der Waals surface area contributed by atoms with Crippen molar-refractivity contribution < 1.29 is 9.53 Å². The van der Waals surface area contributed by atoms with Crippen molar-refractivity contribution in [2.24, 2.45) is 0 Å². The van der Waals surface area contributed by atoms with Crippen molar-refractivity contribution in [2.75, 3.05) is 0 Å². The molecule has 0 saturated carbocycles. The van der Waals surface area contributed by atoms with Crippen LogP contribution in [0.3, 0.4) is 0 Å². The number of hydrogen-bond donors (Lipinski definition) is 0. The average molecular weight is 277 g/mol. The third-order valence-corrected chi connectivity index (χ3v) is 2.56. The van der Waals surface area contributed by atoms with Crippen LogP contribution >= 0.6 is 15.9 Å². The van der Waals surface area contributed by atoms with E-state index in [9.17, 15) is 4.79 Å². The van der Waals surface area contributed by atoms with Crippen LogP contribution in [-0.2, 0) is 0 Å². The zero-order valence-corrected chi connectivity index (χ0v) is 9.98. The van der Waals surface area contributed by atoms with Crippen molar-refractivity contribution in [3.8, 4) is 5.75 Å².